The topological polar surface area (TPSA) is 46.2 Å². The van der Waals surface area contributed by atoms with Crippen LogP contribution in [0, 0.1) is 6.92 Å². The van der Waals surface area contributed by atoms with Gasteiger partial charge in [-0.25, -0.2) is 13.1 Å². The Morgan fingerprint density at radius 1 is 1.28 bits per heavy atom. The van der Waals surface area contributed by atoms with Gasteiger partial charge in [-0.15, -0.1) is 11.6 Å². The molecule has 0 aromatic heterocycles. The number of benzene rings is 1. The monoisotopic (exact) mass is 289 g/mol. The Hall–Kier alpha value is -0.580. The third kappa shape index (κ3) is 4.96. The van der Waals surface area contributed by atoms with Crippen LogP contribution < -0.4 is 4.72 Å². The highest BCUT2D eigenvalue weighted by atomic mass is 35.5. The maximum absolute atomic E-state index is 11.8. The minimum atomic E-state index is -3.23. The van der Waals surface area contributed by atoms with Gasteiger partial charge in [0.2, 0.25) is 10.0 Å². The lowest BCUT2D eigenvalue weighted by Crippen LogP contribution is -2.29. The number of unbranched alkanes of at least 4 members (excludes halogenated alkanes) is 1. The third-order valence-electron chi connectivity index (χ3n) is 2.81. The molecule has 102 valence electrons. The lowest BCUT2D eigenvalue weighted by atomic mass is 10.0. The zero-order valence-electron chi connectivity index (χ0n) is 10.8. The molecule has 0 amide bonds. The standard InChI is InChI=1S/C13H20ClNO2S/c1-11-7-3-4-8-13(11)12(2)15-18(16,17)10-6-5-9-14/h3-4,7-8,12,15H,5-6,9-10H2,1-2H3. The Kier molecular flexibility index (Phi) is 6.12. The zero-order valence-corrected chi connectivity index (χ0v) is 12.4. The van der Waals surface area contributed by atoms with Crippen molar-refractivity contribution in [2.24, 2.45) is 0 Å². The molecule has 1 aromatic rings. The van der Waals surface area contributed by atoms with Crippen LogP contribution in [0.3, 0.4) is 0 Å². The van der Waals surface area contributed by atoms with Crippen molar-refractivity contribution in [2.45, 2.75) is 32.7 Å². The van der Waals surface area contributed by atoms with Gasteiger partial charge in [-0.3, -0.25) is 0 Å². The highest BCUT2D eigenvalue weighted by Gasteiger charge is 2.16. The van der Waals surface area contributed by atoms with Gasteiger partial charge in [0.15, 0.2) is 0 Å². The first-order chi connectivity index (χ1) is 8.46. The van der Waals surface area contributed by atoms with Crippen molar-refractivity contribution in [3.8, 4) is 0 Å². The van der Waals surface area contributed by atoms with Crippen molar-refractivity contribution in [1.29, 1.82) is 0 Å². The van der Waals surface area contributed by atoms with Crippen LogP contribution in [0.25, 0.3) is 0 Å². The summed E-state index contributed by atoms with van der Waals surface area (Å²) in [6, 6.07) is 7.59. The van der Waals surface area contributed by atoms with Crippen LogP contribution in [0.2, 0.25) is 0 Å². The predicted octanol–water partition coefficient (Wildman–Crippen LogP) is 2.99. The average molecular weight is 290 g/mol. The van der Waals surface area contributed by atoms with Gasteiger partial charge in [-0.05, 0) is 37.8 Å². The first-order valence-corrected chi connectivity index (χ1v) is 8.26. The number of halogens is 1. The maximum atomic E-state index is 11.8. The summed E-state index contributed by atoms with van der Waals surface area (Å²) in [5, 5.41) is 0. The summed E-state index contributed by atoms with van der Waals surface area (Å²) in [6.45, 7) is 3.84. The predicted molar refractivity (Wildman–Crippen MR) is 76.5 cm³/mol. The molecule has 0 aliphatic rings. The maximum Gasteiger partial charge on any atom is 0.212 e. The summed E-state index contributed by atoms with van der Waals surface area (Å²) < 4.78 is 26.4. The SMILES string of the molecule is Cc1ccccc1C(C)NS(=O)(=O)CCCCCl. The molecule has 0 fully saturated rings. The average Bonchev–Trinajstić information content (AvgIpc) is 2.29. The first kappa shape index (κ1) is 15.5. The molecule has 5 heteroatoms. The number of alkyl halides is 1. The van der Waals surface area contributed by atoms with Crippen molar-refractivity contribution < 1.29 is 8.42 Å². The molecule has 1 atom stereocenters. The van der Waals surface area contributed by atoms with E-state index in [1.54, 1.807) is 0 Å². The van der Waals surface area contributed by atoms with Crippen LogP contribution >= 0.6 is 11.6 Å². The number of hydrogen-bond acceptors (Lipinski definition) is 2. The highest BCUT2D eigenvalue weighted by molar-refractivity contribution is 7.89. The van der Waals surface area contributed by atoms with Crippen molar-refractivity contribution in [1.82, 2.24) is 4.72 Å². The van der Waals surface area contributed by atoms with Gasteiger partial charge in [0.1, 0.15) is 0 Å². The molecule has 0 saturated carbocycles. The van der Waals surface area contributed by atoms with Crippen LogP contribution in [0.4, 0.5) is 0 Å². The lowest BCUT2D eigenvalue weighted by molar-refractivity contribution is 0.563. The Morgan fingerprint density at radius 2 is 1.94 bits per heavy atom. The molecule has 1 N–H and O–H groups in total. The summed E-state index contributed by atoms with van der Waals surface area (Å²) >= 11 is 5.54. The molecule has 0 aliphatic carbocycles. The van der Waals surface area contributed by atoms with Gasteiger partial charge in [-0.1, -0.05) is 24.3 Å². The van der Waals surface area contributed by atoms with Crippen LogP contribution in [-0.2, 0) is 10.0 Å². The second-order valence-electron chi connectivity index (χ2n) is 4.41. The molecular weight excluding hydrogens is 270 g/mol. The Labute approximate surface area is 115 Å². The van der Waals surface area contributed by atoms with Crippen LogP contribution in [0.1, 0.15) is 36.9 Å². The largest absolute Gasteiger partial charge is 0.212 e. The Balaban J connectivity index is 2.64. The molecule has 3 nitrogen and oxygen atoms in total. The number of nitrogens with one attached hydrogen (secondary N) is 1. The van der Waals surface area contributed by atoms with E-state index in [0.717, 1.165) is 17.5 Å². The number of rotatable bonds is 7. The fraction of sp³-hybridized carbons (Fsp3) is 0.538. The molecular formula is C13H20ClNO2S. The van der Waals surface area contributed by atoms with E-state index in [1.807, 2.05) is 38.1 Å². The van der Waals surface area contributed by atoms with Gasteiger partial charge in [0.25, 0.3) is 0 Å². The normalized spacial score (nSPS) is 13.5. The molecule has 0 heterocycles. The van der Waals surface area contributed by atoms with Gasteiger partial charge in [-0.2, -0.15) is 0 Å². The third-order valence-corrected chi connectivity index (χ3v) is 4.61. The first-order valence-electron chi connectivity index (χ1n) is 6.08. The van der Waals surface area contributed by atoms with Crippen molar-refractivity contribution in [3.63, 3.8) is 0 Å². The number of aryl methyl sites for hydroxylation is 1. The highest BCUT2D eigenvalue weighted by Crippen LogP contribution is 2.17. The molecule has 0 saturated heterocycles. The fourth-order valence-corrected chi connectivity index (χ4v) is 3.41. The van der Waals surface area contributed by atoms with Crippen molar-refractivity contribution in [2.75, 3.05) is 11.6 Å². The fourth-order valence-electron chi connectivity index (χ4n) is 1.85. The second kappa shape index (κ2) is 7.12. The van der Waals surface area contributed by atoms with E-state index < -0.39 is 10.0 Å². The Morgan fingerprint density at radius 3 is 2.56 bits per heavy atom. The molecule has 1 rings (SSSR count). The molecule has 0 radical (unpaired) electrons. The summed E-state index contributed by atoms with van der Waals surface area (Å²) in [4.78, 5) is 0. The molecule has 1 aromatic carbocycles. The molecule has 1 unspecified atom stereocenters. The zero-order chi connectivity index (χ0) is 13.6. The number of hydrogen-bond donors (Lipinski definition) is 1. The van der Waals surface area contributed by atoms with Crippen LogP contribution in [0.15, 0.2) is 24.3 Å². The lowest BCUT2D eigenvalue weighted by Gasteiger charge is -2.16. The summed E-state index contributed by atoms with van der Waals surface area (Å²) in [7, 11) is -3.23. The van der Waals surface area contributed by atoms with Crippen LogP contribution in [0.5, 0.6) is 0 Å². The van der Waals surface area contributed by atoms with Gasteiger partial charge >= 0.3 is 0 Å². The van der Waals surface area contributed by atoms with E-state index in [4.69, 9.17) is 11.6 Å². The van der Waals surface area contributed by atoms with Crippen LogP contribution in [-0.4, -0.2) is 20.1 Å². The van der Waals surface area contributed by atoms with E-state index in [-0.39, 0.29) is 11.8 Å². The summed E-state index contributed by atoms with van der Waals surface area (Å²) in [5.74, 6) is 0.638. The summed E-state index contributed by atoms with van der Waals surface area (Å²) in [5.41, 5.74) is 2.10. The smallest absolute Gasteiger partial charge is 0.212 e. The van der Waals surface area contributed by atoms with E-state index in [9.17, 15) is 8.42 Å². The van der Waals surface area contributed by atoms with E-state index in [0.29, 0.717) is 12.3 Å². The molecule has 0 aliphatic heterocycles. The van der Waals surface area contributed by atoms with Gasteiger partial charge in [0, 0.05) is 11.9 Å². The van der Waals surface area contributed by atoms with E-state index >= 15 is 0 Å². The minimum absolute atomic E-state index is 0.135. The molecule has 0 bridgehead atoms. The van der Waals surface area contributed by atoms with Gasteiger partial charge < -0.3 is 0 Å². The second-order valence-corrected chi connectivity index (χ2v) is 6.66. The van der Waals surface area contributed by atoms with Gasteiger partial charge in [0.05, 0.1) is 5.75 Å². The Bertz CT molecular complexity index is 474. The summed E-state index contributed by atoms with van der Waals surface area (Å²) in [6.07, 6.45) is 1.32. The minimum Gasteiger partial charge on any atom is -0.212 e. The van der Waals surface area contributed by atoms with Crippen molar-refractivity contribution in [3.05, 3.63) is 35.4 Å². The van der Waals surface area contributed by atoms with Crippen molar-refractivity contribution >= 4 is 21.6 Å². The quantitative estimate of drug-likeness (QED) is 0.619. The number of sulfonamides is 1. The molecule has 18 heavy (non-hydrogen) atoms. The molecule has 0 spiro atoms. The van der Waals surface area contributed by atoms with E-state index in [1.165, 1.54) is 0 Å². The van der Waals surface area contributed by atoms with E-state index in [2.05, 4.69) is 4.72 Å².